The molecule has 2 rings (SSSR count). The van der Waals surface area contributed by atoms with E-state index in [1.54, 1.807) is 6.20 Å². The van der Waals surface area contributed by atoms with E-state index in [0.29, 0.717) is 12.2 Å². The predicted molar refractivity (Wildman–Crippen MR) is 73.6 cm³/mol. The molecule has 2 N–H and O–H groups in total. The van der Waals surface area contributed by atoms with E-state index in [9.17, 15) is 5.11 Å². The molecule has 0 saturated heterocycles. The summed E-state index contributed by atoms with van der Waals surface area (Å²) >= 11 is 0. The van der Waals surface area contributed by atoms with Gasteiger partial charge in [-0.1, -0.05) is 18.2 Å². The van der Waals surface area contributed by atoms with Crippen molar-refractivity contribution in [3.63, 3.8) is 0 Å². The first-order valence-electron chi connectivity index (χ1n) is 6.07. The van der Waals surface area contributed by atoms with Crippen molar-refractivity contribution in [2.75, 3.05) is 11.9 Å². The Balaban J connectivity index is 2.01. The summed E-state index contributed by atoms with van der Waals surface area (Å²) in [6.07, 6.45) is 1.10. The van der Waals surface area contributed by atoms with Gasteiger partial charge in [-0.15, -0.1) is 0 Å². The van der Waals surface area contributed by atoms with Crippen molar-refractivity contribution in [2.45, 2.75) is 20.0 Å². The van der Waals surface area contributed by atoms with Crippen molar-refractivity contribution < 1.29 is 5.11 Å². The number of rotatable bonds is 4. The molecule has 2 aromatic rings. The second-order valence-electron chi connectivity index (χ2n) is 4.47. The van der Waals surface area contributed by atoms with Gasteiger partial charge in [0.15, 0.2) is 0 Å². The summed E-state index contributed by atoms with van der Waals surface area (Å²) in [5.74, 6) is 0. The number of hydrogen-bond donors (Lipinski definition) is 2. The fraction of sp³-hybridized carbons (Fsp3) is 0.267. The lowest BCUT2D eigenvalue weighted by molar-refractivity contribution is 0.187. The summed E-state index contributed by atoms with van der Waals surface area (Å²) in [4.78, 5) is 4.14. The minimum atomic E-state index is -0.592. The van der Waals surface area contributed by atoms with E-state index in [1.165, 1.54) is 11.1 Å². The molecule has 0 bridgehead atoms. The number of pyridine rings is 1. The van der Waals surface area contributed by atoms with Gasteiger partial charge in [0.2, 0.25) is 0 Å². The van der Waals surface area contributed by atoms with E-state index in [2.05, 4.69) is 42.3 Å². The van der Waals surface area contributed by atoms with Gasteiger partial charge >= 0.3 is 0 Å². The van der Waals surface area contributed by atoms with Gasteiger partial charge in [0.1, 0.15) is 6.10 Å². The number of aromatic nitrogens is 1. The zero-order valence-electron chi connectivity index (χ0n) is 10.7. The lowest BCUT2D eigenvalue weighted by Gasteiger charge is -2.14. The third-order valence-corrected chi connectivity index (χ3v) is 2.91. The van der Waals surface area contributed by atoms with Crippen molar-refractivity contribution >= 4 is 5.69 Å². The van der Waals surface area contributed by atoms with Crippen LogP contribution >= 0.6 is 0 Å². The first-order chi connectivity index (χ1) is 8.66. The molecular weight excluding hydrogens is 224 g/mol. The van der Waals surface area contributed by atoms with Crippen LogP contribution in [0.2, 0.25) is 0 Å². The number of aliphatic hydroxyl groups excluding tert-OH is 1. The molecule has 0 spiro atoms. The summed E-state index contributed by atoms with van der Waals surface area (Å²) in [6.45, 7) is 4.57. The Hall–Kier alpha value is -1.87. The Kier molecular flexibility index (Phi) is 3.95. The van der Waals surface area contributed by atoms with Crippen molar-refractivity contribution in [1.29, 1.82) is 0 Å². The van der Waals surface area contributed by atoms with Crippen molar-refractivity contribution in [3.8, 4) is 0 Å². The standard InChI is InChI=1S/C15H18N2O/c1-11-6-7-12(2)14(9-11)17-10-15(18)13-5-3-4-8-16-13/h3-9,15,17-18H,10H2,1-2H3. The molecule has 0 aliphatic carbocycles. The third-order valence-electron chi connectivity index (χ3n) is 2.91. The lowest BCUT2D eigenvalue weighted by atomic mass is 10.1. The highest BCUT2D eigenvalue weighted by atomic mass is 16.3. The van der Waals surface area contributed by atoms with Crippen LogP contribution in [-0.4, -0.2) is 16.6 Å². The topological polar surface area (TPSA) is 45.1 Å². The Labute approximate surface area is 108 Å². The van der Waals surface area contributed by atoms with E-state index in [4.69, 9.17) is 0 Å². The van der Waals surface area contributed by atoms with Crippen LogP contribution < -0.4 is 5.32 Å². The van der Waals surface area contributed by atoms with Gasteiger partial charge in [-0.3, -0.25) is 4.98 Å². The summed E-state index contributed by atoms with van der Waals surface area (Å²) in [5, 5.41) is 13.3. The Bertz CT molecular complexity index is 511. The van der Waals surface area contributed by atoms with Crippen molar-refractivity contribution in [2.24, 2.45) is 0 Å². The van der Waals surface area contributed by atoms with Gasteiger partial charge in [-0.25, -0.2) is 0 Å². The van der Waals surface area contributed by atoms with E-state index >= 15 is 0 Å². The molecule has 0 radical (unpaired) electrons. The third kappa shape index (κ3) is 3.08. The Morgan fingerprint density at radius 2 is 2.06 bits per heavy atom. The molecular formula is C15H18N2O. The molecule has 1 aromatic heterocycles. The molecule has 94 valence electrons. The molecule has 1 heterocycles. The number of nitrogens with zero attached hydrogens (tertiary/aromatic N) is 1. The summed E-state index contributed by atoms with van der Waals surface area (Å²) in [5.41, 5.74) is 4.13. The van der Waals surface area contributed by atoms with Gasteiger partial charge in [-0.05, 0) is 43.2 Å². The Morgan fingerprint density at radius 1 is 1.22 bits per heavy atom. The molecule has 18 heavy (non-hydrogen) atoms. The van der Waals surface area contributed by atoms with Crippen LogP contribution in [-0.2, 0) is 0 Å². The van der Waals surface area contributed by atoms with Gasteiger partial charge < -0.3 is 10.4 Å². The zero-order chi connectivity index (χ0) is 13.0. The number of hydrogen-bond acceptors (Lipinski definition) is 3. The highest BCUT2D eigenvalue weighted by Gasteiger charge is 2.08. The normalized spacial score (nSPS) is 12.2. The van der Waals surface area contributed by atoms with Crippen LogP contribution in [0.5, 0.6) is 0 Å². The largest absolute Gasteiger partial charge is 0.385 e. The number of aliphatic hydroxyl groups is 1. The number of benzene rings is 1. The van der Waals surface area contributed by atoms with E-state index in [0.717, 1.165) is 5.69 Å². The number of aryl methyl sites for hydroxylation is 2. The van der Waals surface area contributed by atoms with E-state index in [-0.39, 0.29) is 0 Å². The minimum absolute atomic E-state index is 0.460. The fourth-order valence-corrected chi connectivity index (χ4v) is 1.81. The number of nitrogens with one attached hydrogen (secondary N) is 1. The van der Waals surface area contributed by atoms with Crippen LogP contribution in [0, 0.1) is 13.8 Å². The average Bonchev–Trinajstić information content (AvgIpc) is 2.40. The maximum atomic E-state index is 10.0. The second-order valence-corrected chi connectivity index (χ2v) is 4.47. The van der Waals surface area contributed by atoms with Gasteiger partial charge in [0.25, 0.3) is 0 Å². The molecule has 3 nitrogen and oxygen atoms in total. The van der Waals surface area contributed by atoms with Crippen molar-refractivity contribution in [3.05, 3.63) is 59.4 Å². The average molecular weight is 242 g/mol. The first kappa shape index (κ1) is 12.6. The highest BCUT2D eigenvalue weighted by molar-refractivity contribution is 5.52. The molecule has 0 amide bonds. The van der Waals surface area contributed by atoms with Crippen LogP contribution in [0.1, 0.15) is 22.9 Å². The van der Waals surface area contributed by atoms with E-state index in [1.807, 2.05) is 18.2 Å². The molecule has 0 saturated carbocycles. The van der Waals surface area contributed by atoms with Gasteiger partial charge in [0, 0.05) is 18.4 Å². The molecule has 0 fully saturated rings. The van der Waals surface area contributed by atoms with Crippen LogP contribution in [0.15, 0.2) is 42.6 Å². The van der Waals surface area contributed by atoms with Crippen molar-refractivity contribution in [1.82, 2.24) is 4.98 Å². The molecule has 3 heteroatoms. The molecule has 1 atom stereocenters. The quantitative estimate of drug-likeness (QED) is 0.866. The molecule has 0 aliphatic heterocycles. The van der Waals surface area contributed by atoms with Gasteiger partial charge in [-0.2, -0.15) is 0 Å². The summed E-state index contributed by atoms with van der Waals surface area (Å²) in [7, 11) is 0. The SMILES string of the molecule is Cc1ccc(C)c(NCC(O)c2ccccn2)c1. The van der Waals surface area contributed by atoms with Crippen LogP contribution in [0.25, 0.3) is 0 Å². The van der Waals surface area contributed by atoms with Crippen LogP contribution in [0.4, 0.5) is 5.69 Å². The predicted octanol–water partition coefficient (Wildman–Crippen LogP) is 2.84. The first-order valence-corrected chi connectivity index (χ1v) is 6.07. The maximum absolute atomic E-state index is 10.0. The van der Waals surface area contributed by atoms with E-state index < -0.39 is 6.10 Å². The molecule has 1 aromatic carbocycles. The smallest absolute Gasteiger partial charge is 0.113 e. The highest BCUT2D eigenvalue weighted by Crippen LogP contribution is 2.18. The van der Waals surface area contributed by atoms with Gasteiger partial charge in [0.05, 0.1) is 5.69 Å². The second kappa shape index (κ2) is 5.65. The van der Waals surface area contributed by atoms with Crippen LogP contribution in [0.3, 0.4) is 0 Å². The summed E-state index contributed by atoms with van der Waals surface area (Å²) < 4.78 is 0. The molecule has 0 aliphatic rings. The lowest BCUT2D eigenvalue weighted by Crippen LogP contribution is -2.13. The minimum Gasteiger partial charge on any atom is -0.385 e. The molecule has 1 unspecified atom stereocenters. The zero-order valence-corrected chi connectivity index (χ0v) is 10.7. The summed E-state index contributed by atoms with van der Waals surface area (Å²) in [6, 6.07) is 11.8. The Morgan fingerprint density at radius 3 is 2.78 bits per heavy atom. The monoisotopic (exact) mass is 242 g/mol. The fourth-order valence-electron chi connectivity index (χ4n) is 1.81. The maximum Gasteiger partial charge on any atom is 0.113 e. The number of anilines is 1.